The topological polar surface area (TPSA) is 84.9 Å². The molecule has 1 amide bonds. The minimum Gasteiger partial charge on any atom is -0.497 e. The number of rotatable bonds is 7. The lowest BCUT2D eigenvalue weighted by Gasteiger charge is -2.21. The summed E-state index contributed by atoms with van der Waals surface area (Å²) in [6.07, 6.45) is 1.35. The van der Waals surface area contributed by atoms with Crippen molar-refractivity contribution in [2.24, 2.45) is 0 Å². The summed E-state index contributed by atoms with van der Waals surface area (Å²) in [7, 11) is -0.691. The highest BCUT2D eigenvalue weighted by atomic mass is 32.2. The Morgan fingerprint density at radius 2 is 1.86 bits per heavy atom. The van der Waals surface area contributed by atoms with Crippen molar-refractivity contribution in [2.45, 2.75) is 37.6 Å². The molecule has 0 saturated carbocycles. The predicted molar refractivity (Wildman–Crippen MR) is 111 cm³/mol. The van der Waals surface area contributed by atoms with Crippen LogP contribution in [0.25, 0.3) is 0 Å². The van der Waals surface area contributed by atoms with Crippen molar-refractivity contribution in [1.29, 1.82) is 0 Å². The number of amides is 1. The Labute approximate surface area is 171 Å². The fourth-order valence-electron chi connectivity index (χ4n) is 3.54. The van der Waals surface area contributed by atoms with E-state index in [2.05, 4.69) is 4.72 Å². The Balaban J connectivity index is 1.86. The first kappa shape index (κ1) is 21.1. The Morgan fingerprint density at radius 1 is 1.10 bits per heavy atom. The average molecular weight is 419 g/mol. The van der Waals surface area contributed by atoms with Crippen LogP contribution in [0.4, 0.5) is 5.69 Å². The molecule has 1 atom stereocenters. The molecule has 7 nitrogen and oxygen atoms in total. The monoisotopic (exact) mass is 418 g/mol. The first-order chi connectivity index (χ1) is 13.8. The van der Waals surface area contributed by atoms with E-state index in [0.717, 1.165) is 17.7 Å². The van der Waals surface area contributed by atoms with E-state index in [4.69, 9.17) is 9.47 Å². The molecule has 1 saturated heterocycles. The number of carbonyl (C=O) groups excluding carboxylic acids is 1. The SMILES string of the molecule is COc1ccc(OC)c(C(C)NS(=O)(=O)c2ccc(N3CCCC3=O)c(C)c2)c1. The summed E-state index contributed by atoms with van der Waals surface area (Å²) in [5.74, 6) is 1.25. The molecule has 2 aromatic carbocycles. The number of hydrogen-bond donors (Lipinski definition) is 1. The summed E-state index contributed by atoms with van der Waals surface area (Å²) in [4.78, 5) is 13.9. The van der Waals surface area contributed by atoms with Gasteiger partial charge in [0.2, 0.25) is 15.9 Å². The third-order valence-corrected chi connectivity index (χ3v) is 6.62. The van der Waals surface area contributed by atoms with Gasteiger partial charge in [-0.3, -0.25) is 4.79 Å². The lowest BCUT2D eigenvalue weighted by molar-refractivity contribution is -0.117. The highest BCUT2D eigenvalue weighted by Crippen LogP contribution is 2.31. The Hall–Kier alpha value is -2.58. The molecule has 1 aliphatic heterocycles. The molecule has 3 rings (SSSR count). The summed E-state index contributed by atoms with van der Waals surface area (Å²) in [5.41, 5.74) is 2.18. The second-order valence-electron chi connectivity index (χ2n) is 7.05. The fourth-order valence-corrected chi connectivity index (χ4v) is 4.85. The zero-order valence-electron chi connectivity index (χ0n) is 17.1. The van der Waals surface area contributed by atoms with E-state index in [1.807, 2.05) is 6.92 Å². The van der Waals surface area contributed by atoms with Crippen molar-refractivity contribution in [2.75, 3.05) is 25.7 Å². The number of methoxy groups -OCH3 is 2. The maximum absolute atomic E-state index is 13.0. The summed E-state index contributed by atoms with van der Waals surface area (Å²) in [5, 5.41) is 0. The van der Waals surface area contributed by atoms with Crippen molar-refractivity contribution in [3.05, 3.63) is 47.5 Å². The lowest BCUT2D eigenvalue weighted by atomic mass is 10.1. The molecule has 0 bridgehead atoms. The van der Waals surface area contributed by atoms with Crippen LogP contribution in [0, 0.1) is 6.92 Å². The van der Waals surface area contributed by atoms with Crippen LogP contribution in [0.1, 0.15) is 36.9 Å². The van der Waals surface area contributed by atoms with Gasteiger partial charge in [-0.15, -0.1) is 0 Å². The molecule has 1 aliphatic rings. The second-order valence-corrected chi connectivity index (χ2v) is 8.76. The van der Waals surface area contributed by atoms with Crippen molar-refractivity contribution >= 4 is 21.6 Å². The van der Waals surface area contributed by atoms with Gasteiger partial charge in [-0.2, -0.15) is 0 Å². The Bertz CT molecular complexity index is 1020. The van der Waals surface area contributed by atoms with E-state index in [1.54, 1.807) is 49.3 Å². The lowest BCUT2D eigenvalue weighted by Crippen LogP contribution is -2.28. The van der Waals surface area contributed by atoms with E-state index in [1.165, 1.54) is 13.2 Å². The molecule has 0 aromatic heterocycles. The molecule has 0 spiro atoms. The largest absolute Gasteiger partial charge is 0.497 e. The molecule has 1 fully saturated rings. The van der Waals surface area contributed by atoms with Gasteiger partial charge in [-0.25, -0.2) is 13.1 Å². The van der Waals surface area contributed by atoms with Crippen LogP contribution >= 0.6 is 0 Å². The van der Waals surface area contributed by atoms with Crippen LogP contribution in [0.2, 0.25) is 0 Å². The number of nitrogens with one attached hydrogen (secondary N) is 1. The minimum atomic E-state index is -3.78. The van der Waals surface area contributed by atoms with Gasteiger partial charge in [0.15, 0.2) is 0 Å². The molecular formula is C21H26N2O5S. The van der Waals surface area contributed by atoms with E-state index >= 15 is 0 Å². The quantitative estimate of drug-likeness (QED) is 0.747. The van der Waals surface area contributed by atoms with Crippen LogP contribution in [0.5, 0.6) is 11.5 Å². The molecule has 1 unspecified atom stereocenters. The average Bonchev–Trinajstić information content (AvgIpc) is 3.12. The van der Waals surface area contributed by atoms with Crippen LogP contribution in [0.3, 0.4) is 0 Å². The third-order valence-electron chi connectivity index (χ3n) is 5.08. The molecule has 2 aromatic rings. The molecule has 29 heavy (non-hydrogen) atoms. The van der Waals surface area contributed by atoms with Crippen LogP contribution in [-0.4, -0.2) is 35.1 Å². The summed E-state index contributed by atoms with van der Waals surface area (Å²) < 4.78 is 39.2. The molecule has 8 heteroatoms. The van der Waals surface area contributed by atoms with Crippen molar-refractivity contribution in [3.63, 3.8) is 0 Å². The molecule has 1 heterocycles. The van der Waals surface area contributed by atoms with Gasteiger partial charge in [-0.05, 0) is 62.2 Å². The Kier molecular flexibility index (Phi) is 6.14. The zero-order valence-corrected chi connectivity index (χ0v) is 17.9. The van der Waals surface area contributed by atoms with E-state index in [0.29, 0.717) is 30.0 Å². The first-order valence-corrected chi connectivity index (χ1v) is 10.9. The van der Waals surface area contributed by atoms with Crippen LogP contribution in [0.15, 0.2) is 41.3 Å². The maximum atomic E-state index is 13.0. The number of sulfonamides is 1. The van der Waals surface area contributed by atoms with Gasteiger partial charge in [-0.1, -0.05) is 0 Å². The number of aryl methyl sites for hydroxylation is 1. The van der Waals surface area contributed by atoms with Gasteiger partial charge in [0.05, 0.1) is 19.1 Å². The number of anilines is 1. The fraction of sp³-hybridized carbons (Fsp3) is 0.381. The minimum absolute atomic E-state index is 0.0700. The van der Waals surface area contributed by atoms with Crippen molar-refractivity contribution in [1.82, 2.24) is 4.72 Å². The van der Waals surface area contributed by atoms with Crippen molar-refractivity contribution in [3.8, 4) is 11.5 Å². The van der Waals surface area contributed by atoms with Crippen LogP contribution in [-0.2, 0) is 14.8 Å². The predicted octanol–water partition coefficient (Wildman–Crippen LogP) is 3.18. The number of carbonyl (C=O) groups is 1. The normalized spacial score (nSPS) is 15.4. The number of ether oxygens (including phenoxy) is 2. The highest BCUT2D eigenvalue weighted by Gasteiger charge is 2.25. The molecular weight excluding hydrogens is 392 g/mol. The number of nitrogens with zero attached hydrogens (tertiary/aromatic N) is 1. The number of hydrogen-bond acceptors (Lipinski definition) is 5. The summed E-state index contributed by atoms with van der Waals surface area (Å²) >= 11 is 0. The molecule has 0 aliphatic carbocycles. The van der Waals surface area contributed by atoms with Gasteiger partial charge in [0.1, 0.15) is 11.5 Å². The van der Waals surface area contributed by atoms with E-state index in [-0.39, 0.29) is 10.8 Å². The van der Waals surface area contributed by atoms with E-state index < -0.39 is 16.1 Å². The maximum Gasteiger partial charge on any atom is 0.241 e. The van der Waals surface area contributed by atoms with Crippen molar-refractivity contribution < 1.29 is 22.7 Å². The smallest absolute Gasteiger partial charge is 0.241 e. The zero-order chi connectivity index (χ0) is 21.2. The van der Waals surface area contributed by atoms with Gasteiger partial charge in [0, 0.05) is 30.3 Å². The third kappa shape index (κ3) is 4.38. The van der Waals surface area contributed by atoms with Gasteiger partial charge >= 0.3 is 0 Å². The first-order valence-electron chi connectivity index (χ1n) is 9.42. The van der Waals surface area contributed by atoms with E-state index in [9.17, 15) is 13.2 Å². The number of benzene rings is 2. The molecule has 156 valence electrons. The highest BCUT2D eigenvalue weighted by molar-refractivity contribution is 7.89. The summed E-state index contributed by atoms with van der Waals surface area (Å²) in [6, 6.07) is 9.54. The molecule has 1 N–H and O–H groups in total. The standard InChI is InChI=1S/C21H26N2O5S/c1-14-12-17(8-9-19(14)23-11-5-6-21(23)24)29(25,26)22-15(2)18-13-16(27-3)7-10-20(18)28-4/h7-10,12-13,15,22H,5-6,11H2,1-4H3. The Morgan fingerprint density at radius 3 is 2.45 bits per heavy atom. The molecule has 0 radical (unpaired) electrons. The van der Waals surface area contributed by atoms with Gasteiger partial charge < -0.3 is 14.4 Å². The van der Waals surface area contributed by atoms with Gasteiger partial charge in [0.25, 0.3) is 0 Å². The second kappa shape index (κ2) is 8.42. The summed E-state index contributed by atoms with van der Waals surface area (Å²) in [6.45, 7) is 4.23. The van der Waals surface area contributed by atoms with Crippen LogP contribution < -0.4 is 19.1 Å².